The predicted octanol–water partition coefficient (Wildman–Crippen LogP) is 4.00. The van der Waals surface area contributed by atoms with Crippen molar-refractivity contribution in [2.45, 2.75) is 5.25 Å². The van der Waals surface area contributed by atoms with Gasteiger partial charge in [0.15, 0.2) is 0 Å². The van der Waals surface area contributed by atoms with E-state index in [1.165, 1.54) is 11.8 Å². The van der Waals surface area contributed by atoms with Crippen LogP contribution < -0.4 is 5.32 Å². The first-order valence-electron chi connectivity index (χ1n) is 8.11. The number of carbonyl (C=O) groups excluding carboxylic acids is 1. The van der Waals surface area contributed by atoms with E-state index in [1.807, 2.05) is 12.1 Å². The summed E-state index contributed by atoms with van der Waals surface area (Å²) in [5, 5.41) is 16.9. The number of nitrogens with zero attached hydrogens (tertiary/aromatic N) is 2. The maximum Gasteiger partial charge on any atom is 0.335 e. The molecule has 2 heterocycles. The quantitative estimate of drug-likeness (QED) is 0.695. The molecule has 1 aliphatic rings. The third-order valence-electron chi connectivity index (χ3n) is 4.25. The number of fused-ring (bicyclic) bond motifs is 1. The molecule has 1 atom stereocenters. The number of anilines is 1. The summed E-state index contributed by atoms with van der Waals surface area (Å²) in [6, 6.07) is 13.9. The number of hydrogen-bond donors (Lipinski definition) is 2. The lowest BCUT2D eigenvalue weighted by Crippen LogP contribution is -2.15. The molecule has 136 valence electrons. The van der Waals surface area contributed by atoms with Crippen molar-refractivity contribution in [2.75, 3.05) is 11.1 Å². The average Bonchev–Trinajstić information content (AvgIpc) is 2.98. The molecular formula is C19H14ClN3O3S. The Balaban J connectivity index is 1.77. The van der Waals surface area contributed by atoms with E-state index in [4.69, 9.17) is 16.7 Å². The number of halogens is 1. The Labute approximate surface area is 164 Å². The number of aromatic nitrogens is 2. The van der Waals surface area contributed by atoms with Crippen LogP contribution in [0.3, 0.4) is 0 Å². The van der Waals surface area contributed by atoms with E-state index in [0.717, 1.165) is 16.8 Å². The van der Waals surface area contributed by atoms with Gasteiger partial charge < -0.3 is 10.4 Å². The number of carbonyl (C=O) groups is 2. The molecule has 0 bridgehead atoms. The molecule has 0 radical (unpaired) electrons. The molecule has 4 rings (SSSR count). The highest BCUT2D eigenvalue weighted by Gasteiger charge is 2.28. The van der Waals surface area contributed by atoms with Gasteiger partial charge in [-0.25, -0.2) is 9.48 Å². The molecule has 1 aromatic heterocycles. The zero-order valence-corrected chi connectivity index (χ0v) is 15.5. The highest BCUT2D eigenvalue weighted by Crippen LogP contribution is 2.42. The third-order valence-corrected chi connectivity index (χ3v) is 5.79. The molecule has 1 aliphatic heterocycles. The summed E-state index contributed by atoms with van der Waals surface area (Å²) in [7, 11) is 0. The number of nitrogens with one attached hydrogen (secondary N) is 1. The van der Waals surface area contributed by atoms with E-state index in [2.05, 4.69) is 10.4 Å². The molecule has 0 fully saturated rings. The summed E-state index contributed by atoms with van der Waals surface area (Å²) >= 11 is 7.44. The van der Waals surface area contributed by atoms with Crippen LogP contribution in [0, 0.1) is 0 Å². The van der Waals surface area contributed by atoms with Gasteiger partial charge >= 0.3 is 5.97 Å². The van der Waals surface area contributed by atoms with Gasteiger partial charge in [-0.15, -0.1) is 11.8 Å². The summed E-state index contributed by atoms with van der Waals surface area (Å²) < 4.78 is 1.67. The van der Waals surface area contributed by atoms with Gasteiger partial charge in [-0.1, -0.05) is 23.7 Å². The molecule has 2 N–H and O–H groups in total. The van der Waals surface area contributed by atoms with Crippen molar-refractivity contribution >= 4 is 41.1 Å². The van der Waals surface area contributed by atoms with Gasteiger partial charge in [0.05, 0.1) is 28.5 Å². The average molecular weight is 400 g/mol. The zero-order valence-electron chi connectivity index (χ0n) is 13.9. The second-order valence-electron chi connectivity index (χ2n) is 6.00. The van der Waals surface area contributed by atoms with E-state index in [1.54, 1.807) is 47.3 Å². The molecule has 0 aliphatic carbocycles. The van der Waals surface area contributed by atoms with Gasteiger partial charge in [-0.2, -0.15) is 5.10 Å². The van der Waals surface area contributed by atoms with E-state index < -0.39 is 5.97 Å². The molecule has 0 saturated heterocycles. The van der Waals surface area contributed by atoms with Crippen molar-refractivity contribution in [2.24, 2.45) is 0 Å². The third kappa shape index (κ3) is 3.43. The standard InChI is InChI=1S/C19H14ClN3O3S/c20-13-5-7-14(8-6-13)23-18-15(9-21-23)17(27-10-16(24)22-18)11-1-3-12(4-2-11)19(25)26/h1-9,17H,10H2,(H,22,24)(H,25,26). The second-order valence-corrected chi connectivity index (χ2v) is 7.53. The van der Waals surface area contributed by atoms with Gasteiger partial charge in [0.25, 0.3) is 0 Å². The van der Waals surface area contributed by atoms with E-state index >= 15 is 0 Å². The Morgan fingerprint density at radius 3 is 2.56 bits per heavy atom. The lowest BCUT2D eigenvalue weighted by Gasteiger charge is -2.14. The molecule has 0 spiro atoms. The van der Waals surface area contributed by atoms with Crippen molar-refractivity contribution in [3.8, 4) is 5.69 Å². The van der Waals surface area contributed by atoms with Crippen LogP contribution in [-0.4, -0.2) is 32.5 Å². The number of hydrogen-bond acceptors (Lipinski definition) is 4. The highest BCUT2D eigenvalue weighted by molar-refractivity contribution is 8.00. The maximum atomic E-state index is 12.2. The Morgan fingerprint density at radius 2 is 1.89 bits per heavy atom. The summed E-state index contributed by atoms with van der Waals surface area (Å²) in [5.41, 5.74) is 2.79. The van der Waals surface area contributed by atoms with Gasteiger partial charge in [-0.05, 0) is 42.0 Å². The van der Waals surface area contributed by atoms with E-state index in [9.17, 15) is 9.59 Å². The maximum absolute atomic E-state index is 12.2. The molecule has 3 aromatic rings. The Bertz CT molecular complexity index is 1020. The first kappa shape index (κ1) is 17.6. The van der Waals surface area contributed by atoms with Crippen molar-refractivity contribution in [1.29, 1.82) is 0 Å². The molecule has 2 aromatic carbocycles. The lowest BCUT2D eigenvalue weighted by molar-refractivity contribution is -0.113. The number of carboxylic acids is 1. The molecular weight excluding hydrogens is 386 g/mol. The molecule has 0 saturated carbocycles. The second kappa shape index (κ2) is 7.09. The summed E-state index contributed by atoms with van der Waals surface area (Å²) in [4.78, 5) is 23.3. The van der Waals surface area contributed by atoms with Crippen LogP contribution in [0.5, 0.6) is 0 Å². The Hall–Kier alpha value is -2.77. The number of rotatable bonds is 3. The monoisotopic (exact) mass is 399 g/mol. The number of benzene rings is 2. The summed E-state index contributed by atoms with van der Waals surface area (Å²) in [5.74, 6) is -0.176. The molecule has 1 amide bonds. The summed E-state index contributed by atoms with van der Waals surface area (Å²) in [6.45, 7) is 0. The van der Waals surface area contributed by atoms with Crippen molar-refractivity contribution in [3.63, 3.8) is 0 Å². The lowest BCUT2D eigenvalue weighted by atomic mass is 10.0. The minimum absolute atomic E-state index is 0.110. The van der Waals surface area contributed by atoms with Gasteiger partial charge in [0.1, 0.15) is 5.82 Å². The normalized spacial score (nSPS) is 16.3. The minimum atomic E-state index is -0.969. The van der Waals surface area contributed by atoms with Crippen LogP contribution in [0.1, 0.15) is 26.7 Å². The molecule has 6 nitrogen and oxygen atoms in total. The van der Waals surface area contributed by atoms with Crippen LogP contribution in [0.2, 0.25) is 5.02 Å². The van der Waals surface area contributed by atoms with Crippen LogP contribution >= 0.6 is 23.4 Å². The fourth-order valence-electron chi connectivity index (χ4n) is 2.95. The zero-order chi connectivity index (χ0) is 19.0. The molecule has 27 heavy (non-hydrogen) atoms. The number of amides is 1. The molecule has 8 heteroatoms. The number of carboxylic acid groups (broad SMARTS) is 1. The fraction of sp³-hybridized carbons (Fsp3) is 0.105. The minimum Gasteiger partial charge on any atom is -0.478 e. The van der Waals surface area contributed by atoms with Gasteiger partial charge in [-0.3, -0.25) is 4.79 Å². The van der Waals surface area contributed by atoms with Gasteiger partial charge in [0.2, 0.25) is 5.91 Å². The highest BCUT2D eigenvalue weighted by atomic mass is 35.5. The van der Waals surface area contributed by atoms with Crippen LogP contribution in [0.15, 0.2) is 54.7 Å². The smallest absolute Gasteiger partial charge is 0.335 e. The van der Waals surface area contributed by atoms with E-state index in [0.29, 0.717) is 16.6 Å². The Kier molecular flexibility index (Phi) is 4.63. The van der Waals surface area contributed by atoms with Crippen LogP contribution in [0.25, 0.3) is 5.69 Å². The first-order chi connectivity index (χ1) is 13.0. The largest absolute Gasteiger partial charge is 0.478 e. The first-order valence-corrected chi connectivity index (χ1v) is 9.54. The number of thioether (sulfide) groups is 1. The number of aromatic carboxylic acids is 1. The fourth-order valence-corrected chi connectivity index (χ4v) is 4.17. The van der Waals surface area contributed by atoms with Crippen LogP contribution in [-0.2, 0) is 4.79 Å². The molecule has 1 unspecified atom stereocenters. The Morgan fingerprint density at radius 1 is 1.19 bits per heavy atom. The van der Waals surface area contributed by atoms with Crippen molar-refractivity contribution in [3.05, 3.63) is 76.4 Å². The van der Waals surface area contributed by atoms with E-state index in [-0.39, 0.29) is 16.7 Å². The van der Waals surface area contributed by atoms with Crippen molar-refractivity contribution in [1.82, 2.24) is 9.78 Å². The topological polar surface area (TPSA) is 84.2 Å². The van der Waals surface area contributed by atoms with Crippen molar-refractivity contribution < 1.29 is 14.7 Å². The van der Waals surface area contributed by atoms with Crippen LogP contribution in [0.4, 0.5) is 5.82 Å². The summed E-state index contributed by atoms with van der Waals surface area (Å²) in [6.07, 6.45) is 1.73. The van der Waals surface area contributed by atoms with Gasteiger partial charge in [0, 0.05) is 10.6 Å². The predicted molar refractivity (Wildman–Crippen MR) is 105 cm³/mol. The SMILES string of the molecule is O=C1CSC(c2ccc(C(=O)O)cc2)c2cnn(-c3ccc(Cl)cc3)c2N1.